The van der Waals surface area contributed by atoms with Crippen LogP contribution in [0.2, 0.25) is 5.02 Å². The summed E-state index contributed by atoms with van der Waals surface area (Å²) in [5.74, 6) is 0.596. The fourth-order valence-corrected chi connectivity index (χ4v) is 2.67. The van der Waals surface area contributed by atoms with E-state index < -0.39 is 0 Å². The van der Waals surface area contributed by atoms with Crippen LogP contribution in [-0.4, -0.2) is 13.2 Å². The van der Waals surface area contributed by atoms with Crippen LogP contribution in [0.25, 0.3) is 0 Å². The molecule has 0 fully saturated rings. The van der Waals surface area contributed by atoms with Crippen LogP contribution >= 0.6 is 11.6 Å². The summed E-state index contributed by atoms with van der Waals surface area (Å²) in [5.41, 5.74) is 8.62. The van der Waals surface area contributed by atoms with Crippen molar-refractivity contribution in [2.75, 3.05) is 18.5 Å². The first-order valence-electron chi connectivity index (χ1n) is 6.84. The molecule has 0 spiro atoms. The van der Waals surface area contributed by atoms with Crippen molar-refractivity contribution in [2.24, 2.45) is 5.73 Å². The predicted molar refractivity (Wildman–Crippen MR) is 82.5 cm³/mol. The number of ether oxygens (including phenoxy) is 1. The van der Waals surface area contributed by atoms with Gasteiger partial charge in [0.25, 0.3) is 0 Å². The fourth-order valence-electron chi connectivity index (χ4n) is 2.50. The Morgan fingerprint density at radius 2 is 2.14 bits per heavy atom. The summed E-state index contributed by atoms with van der Waals surface area (Å²) < 4.78 is 18.8. The number of fused-ring (bicyclic) bond motifs is 1. The number of hydrogen-bond donors (Lipinski definition) is 2. The van der Waals surface area contributed by atoms with Gasteiger partial charge < -0.3 is 15.8 Å². The van der Waals surface area contributed by atoms with Crippen molar-refractivity contribution in [3.05, 3.63) is 58.4 Å². The molecule has 21 heavy (non-hydrogen) atoms. The topological polar surface area (TPSA) is 47.3 Å². The van der Waals surface area contributed by atoms with E-state index in [2.05, 4.69) is 11.4 Å². The molecule has 1 aliphatic heterocycles. The second kappa shape index (κ2) is 5.92. The maximum atomic E-state index is 13.3. The number of benzene rings is 2. The molecule has 3 N–H and O–H groups in total. The van der Waals surface area contributed by atoms with Crippen LogP contribution < -0.4 is 15.8 Å². The third-order valence-electron chi connectivity index (χ3n) is 3.61. The highest BCUT2D eigenvalue weighted by Crippen LogP contribution is 2.31. The molecule has 0 amide bonds. The van der Waals surface area contributed by atoms with Gasteiger partial charge in [-0.2, -0.15) is 0 Å². The molecule has 5 heteroatoms. The van der Waals surface area contributed by atoms with Gasteiger partial charge in [-0.15, -0.1) is 0 Å². The van der Waals surface area contributed by atoms with Crippen molar-refractivity contribution in [1.29, 1.82) is 0 Å². The number of halogens is 2. The summed E-state index contributed by atoms with van der Waals surface area (Å²) in [7, 11) is 0. The summed E-state index contributed by atoms with van der Waals surface area (Å²) in [5, 5.41) is 3.68. The normalized spacial score (nSPS) is 14.4. The molecule has 3 nitrogen and oxygen atoms in total. The minimum absolute atomic E-state index is 0.129. The molecule has 0 saturated carbocycles. The van der Waals surface area contributed by atoms with Gasteiger partial charge in [0.1, 0.15) is 11.6 Å². The molecule has 1 atom stereocenters. The second-order valence-electron chi connectivity index (χ2n) is 5.02. The highest BCUT2D eigenvalue weighted by molar-refractivity contribution is 6.33. The van der Waals surface area contributed by atoms with Crippen LogP contribution in [0, 0.1) is 5.82 Å². The Balaban J connectivity index is 1.86. The van der Waals surface area contributed by atoms with Crippen molar-refractivity contribution < 1.29 is 9.13 Å². The number of nitrogens with one attached hydrogen (secondary N) is 1. The Morgan fingerprint density at radius 3 is 2.95 bits per heavy atom. The lowest BCUT2D eigenvalue weighted by Gasteiger charge is -2.20. The number of nitrogens with two attached hydrogens (primary N) is 1. The predicted octanol–water partition coefficient (Wildman–Crippen LogP) is 3.53. The number of rotatable bonds is 4. The molecule has 0 bridgehead atoms. The maximum absolute atomic E-state index is 13.3. The van der Waals surface area contributed by atoms with Crippen molar-refractivity contribution in [1.82, 2.24) is 0 Å². The molecule has 1 aliphatic rings. The number of hydrogen-bond acceptors (Lipinski definition) is 3. The van der Waals surface area contributed by atoms with Gasteiger partial charge in [-0.3, -0.25) is 0 Å². The average Bonchev–Trinajstić information content (AvgIpc) is 2.95. The molecule has 2 aromatic carbocycles. The lowest BCUT2D eigenvalue weighted by atomic mass is 10.0. The van der Waals surface area contributed by atoms with E-state index in [0.29, 0.717) is 17.3 Å². The van der Waals surface area contributed by atoms with Crippen LogP contribution in [0.4, 0.5) is 10.1 Å². The minimum Gasteiger partial charge on any atom is -0.493 e. The Bertz CT molecular complexity index is 663. The fraction of sp³-hybridized carbons (Fsp3) is 0.250. The first-order valence-corrected chi connectivity index (χ1v) is 7.22. The molecule has 0 aromatic heterocycles. The molecule has 0 aliphatic carbocycles. The first-order chi connectivity index (χ1) is 10.2. The van der Waals surface area contributed by atoms with E-state index in [9.17, 15) is 4.39 Å². The van der Waals surface area contributed by atoms with Crippen molar-refractivity contribution in [3.63, 3.8) is 0 Å². The van der Waals surface area contributed by atoms with Crippen LogP contribution in [-0.2, 0) is 6.42 Å². The summed E-state index contributed by atoms with van der Waals surface area (Å²) in [6.45, 7) is 1.10. The smallest absolute Gasteiger partial charge is 0.125 e. The molecule has 1 heterocycles. The average molecular weight is 307 g/mol. The highest BCUT2D eigenvalue weighted by Gasteiger charge is 2.17. The zero-order valence-electron chi connectivity index (χ0n) is 11.4. The molecule has 0 radical (unpaired) electrons. The first kappa shape index (κ1) is 14.2. The van der Waals surface area contributed by atoms with Gasteiger partial charge in [-0.05, 0) is 41.5 Å². The third-order valence-corrected chi connectivity index (χ3v) is 3.94. The molecule has 2 aromatic rings. The third kappa shape index (κ3) is 2.96. The van der Waals surface area contributed by atoms with Gasteiger partial charge in [0, 0.05) is 13.0 Å². The zero-order chi connectivity index (χ0) is 14.8. The van der Waals surface area contributed by atoms with Crippen molar-refractivity contribution >= 4 is 17.3 Å². The van der Waals surface area contributed by atoms with E-state index in [0.717, 1.165) is 24.3 Å². The van der Waals surface area contributed by atoms with Crippen molar-refractivity contribution in [2.45, 2.75) is 12.5 Å². The van der Waals surface area contributed by atoms with Crippen LogP contribution in [0.1, 0.15) is 17.2 Å². The Morgan fingerprint density at radius 1 is 1.29 bits per heavy atom. The van der Waals surface area contributed by atoms with Gasteiger partial charge in [-0.25, -0.2) is 4.39 Å². The van der Waals surface area contributed by atoms with Gasteiger partial charge in [-0.1, -0.05) is 17.7 Å². The Labute approximate surface area is 127 Å². The van der Waals surface area contributed by atoms with Crippen LogP contribution in [0.15, 0.2) is 36.4 Å². The van der Waals surface area contributed by atoms with Gasteiger partial charge >= 0.3 is 0 Å². The second-order valence-corrected chi connectivity index (χ2v) is 5.43. The lowest BCUT2D eigenvalue weighted by Crippen LogP contribution is -2.21. The van der Waals surface area contributed by atoms with Gasteiger partial charge in [0.15, 0.2) is 0 Å². The van der Waals surface area contributed by atoms with E-state index in [1.165, 1.54) is 23.8 Å². The van der Waals surface area contributed by atoms with Crippen LogP contribution in [0.5, 0.6) is 5.75 Å². The van der Waals surface area contributed by atoms with Gasteiger partial charge in [0.2, 0.25) is 0 Å². The van der Waals surface area contributed by atoms with Gasteiger partial charge in [0.05, 0.1) is 23.4 Å². The number of anilines is 1. The largest absolute Gasteiger partial charge is 0.493 e. The quantitative estimate of drug-likeness (QED) is 0.908. The SMILES string of the molecule is NCC(Nc1cc(F)ccc1Cl)c1ccc2c(c1)CCO2. The summed E-state index contributed by atoms with van der Waals surface area (Å²) in [4.78, 5) is 0. The Kier molecular flexibility index (Phi) is 3.99. The van der Waals surface area contributed by atoms with Crippen molar-refractivity contribution in [3.8, 4) is 5.75 Å². The van der Waals surface area contributed by atoms with E-state index in [4.69, 9.17) is 22.1 Å². The molecule has 3 rings (SSSR count). The van der Waals surface area contributed by atoms with Crippen LogP contribution in [0.3, 0.4) is 0 Å². The summed E-state index contributed by atoms with van der Waals surface area (Å²) in [6.07, 6.45) is 0.904. The Hall–Kier alpha value is -1.78. The maximum Gasteiger partial charge on any atom is 0.125 e. The van der Waals surface area contributed by atoms with E-state index in [1.54, 1.807) is 0 Å². The summed E-state index contributed by atoms with van der Waals surface area (Å²) in [6, 6.07) is 10.1. The molecule has 110 valence electrons. The molecular weight excluding hydrogens is 291 g/mol. The zero-order valence-corrected chi connectivity index (χ0v) is 12.2. The minimum atomic E-state index is -0.333. The van der Waals surface area contributed by atoms with E-state index in [1.807, 2.05) is 12.1 Å². The molecular formula is C16H16ClFN2O. The molecule has 1 unspecified atom stereocenters. The monoisotopic (exact) mass is 306 g/mol. The summed E-state index contributed by atoms with van der Waals surface area (Å²) >= 11 is 6.09. The standard InChI is InChI=1S/C16H16ClFN2O/c17-13-3-2-12(18)8-14(13)20-15(9-19)10-1-4-16-11(7-10)5-6-21-16/h1-4,7-8,15,20H,5-6,9,19H2. The lowest BCUT2D eigenvalue weighted by molar-refractivity contribution is 0.357. The van der Waals surface area contributed by atoms with E-state index in [-0.39, 0.29) is 11.9 Å². The van der Waals surface area contributed by atoms with E-state index >= 15 is 0 Å². The molecule has 0 saturated heterocycles. The highest BCUT2D eigenvalue weighted by atomic mass is 35.5.